The molecule has 4 nitrogen and oxygen atoms in total. The summed E-state index contributed by atoms with van der Waals surface area (Å²) in [7, 11) is -4.17. The van der Waals surface area contributed by atoms with Crippen LogP contribution in [0.3, 0.4) is 0 Å². The van der Waals surface area contributed by atoms with Gasteiger partial charge in [-0.3, -0.25) is 0 Å². The van der Waals surface area contributed by atoms with Gasteiger partial charge in [-0.05, 0) is 0 Å². The van der Waals surface area contributed by atoms with Crippen LogP contribution in [0.4, 0.5) is 0 Å². The number of rotatable bonds is 8. The summed E-state index contributed by atoms with van der Waals surface area (Å²) in [6.45, 7) is 12.2. The van der Waals surface area contributed by atoms with Gasteiger partial charge in [0, 0.05) is 0 Å². The Kier molecular flexibility index (Phi) is 8.86. The first-order chi connectivity index (χ1) is 9.38. The number of hydrogen-bond donors (Lipinski definition) is 0. The van der Waals surface area contributed by atoms with E-state index in [2.05, 4.69) is 0 Å². The summed E-state index contributed by atoms with van der Waals surface area (Å²) >= 11 is 0. The number of carbonyl (C=O) groups excluding carboxylic acids is 2. The van der Waals surface area contributed by atoms with E-state index in [-0.39, 0.29) is 0 Å². The Morgan fingerprint density at radius 1 is 0.600 bits per heavy atom. The summed E-state index contributed by atoms with van der Waals surface area (Å²) in [5.41, 5.74) is 0. The molecular weight excluding hydrogens is 294 g/mol. The maximum atomic E-state index is 12.0. The molecule has 0 aliphatic heterocycles. The van der Waals surface area contributed by atoms with Crippen molar-refractivity contribution < 1.29 is 18.6 Å². The zero-order valence-electron chi connectivity index (χ0n) is 13.9. The average Bonchev–Trinajstić information content (AvgIpc) is 2.50. The minimum absolute atomic E-state index is 0.769. The average molecular weight is 326 g/mol. The molecule has 0 spiro atoms. The Bertz CT molecular complexity index is 275. The van der Waals surface area contributed by atoms with Crippen LogP contribution in [0.1, 0.15) is 41.5 Å². The predicted molar refractivity (Wildman–Crippen MR) is 92.1 cm³/mol. The second-order valence-electron chi connectivity index (χ2n) is 5.27. The molecule has 0 saturated carbocycles. The van der Waals surface area contributed by atoms with E-state index in [4.69, 9.17) is 9.05 Å². The quantitative estimate of drug-likeness (QED) is 0.506. The Balaban J connectivity index is 4.83. The first kappa shape index (κ1) is 19.8. The Morgan fingerprint density at radius 2 is 0.800 bits per heavy atom. The van der Waals surface area contributed by atoms with Crippen LogP contribution in [0.5, 0.6) is 0 Å². The molecule has 20 heavy (non-hydrogen) atoms. The third-order valence-electron chi connectivity index (χ3n) is 4.65. The molecule has 0 aromatic rings. The maximum absolute atomic E-state index is 12.0. The molecule has 0 fully saturated rings. The van der Waals surface area contributed by atoms with Crippen molar-refractivity contribution >= 4 is 26.9 Å². The van der Waals surface area contributed by atoms with E-state index in [1.807, 2.05) is 41.5 Å². The summed E-state index contributed by atoms with van der Waals surface area (Å²) in [4.78, 5) is 24.0. The zero-order chi connectivity index (χ0) is 15.8. The molecule has 0 atom stereocenters. The third-order valence-corrected chi connectivity index (χ3v) is 13.6. The van der Waals surface area contributed by atoms with Gasteiger partial charge in [0.2, 0.25) is 0 Å². The van der Waals surface area contributed by atoms with Crippen molar-refractivity contribution in [3.8, 4) is 0 Å². The van der Waals surface area contributed by atoms with Gasteiger partial charge >= 0.3 is 124 Å². The van der Waals surface area contributed by atoms with Crippen molar-refractivity contribution in [1.29, 1.82) is 0 Å². The van der Waals surface area contributed by atoms with Gasteiger partial charge in [0.1, 0.15) is 0 Å². The Labute approximate surface area is 124 Å². The molecule has 0 N–H and O–H groups in total. The zero-order valence-corrected chi connectivity index (χ0v) is 15.9. The normalized spacial score (nSPS) is 13.7. The first-order valence-corrected chi connectivity index (χ1v) is 12.9. The molecule has 6 heteroatoms. The van der Waals surface area contributed by atoms with E-state index in [1.54, 1.807) is 0 Å². The monoisotopic (exact) mass is 326 g/mol. The molecule has 0 unspecified atom stereocenters. The molecule has 0 aromatic carbocycles. The van der Waals surface area contributed by atoms with Gasteiger partial charge in [0.05, 0.1) is 0 Å². The summed E-state index contributed by atoms with van der Waals surface area (Å²) in [6.07, 6.45) is 5.07. The molecule has 0 bridgehead atoms. The molecule has 0 aliphatic carbocycles. The van der Waals surface area contributed by atoms with E-state index in [1.165, 1.54) is 0 Å². The summed E-state index contributed by atoms with van der Waals surface area (Å²) in [6, 6.07) is 0. The second kappa shape index (κ2) is 8.95. The van der Waals surface area contributed by atoms with Gasteiger partial charge < -0.3 is 0 Å². The van der Waals surface area contributed by atoms with E-state index in [0.717, 1.165) is 37.0 Å². The van der Waals surface area contributed by atoms with Crippen LogP contribution in [0.2, 0.25) is 0 Å². The molecule has 0 radical (unpaired) electrons. The van der Waals surface area contributed by atoms with E-state index >= 15 is 0 Å². The van der Waals surface area contributed by atoms with Gasteiger partial charge in [-0.15, -0.1) is 0 Å². The van der Waals surface area contributed by atoms with E-state index in [9.17, 15) is 9.59 Å². The van der Waals surface area contributed by atoms with Crippen molar-refractivity contribution in [3.63, 3.8) is 0 Å². The van der Waals surface area contributed by atoms with Crippen molar-refractivity contribution in [2.75, 3.05) is 37.0 Å². The van der Waals surface area contributed by atoms with Crippen molar-refractivity contribution in [2.24, 2.45) is 0 Å². The fourth-order valence-corrected chi connectivity index (χ4v) is 7.23. The Hall–Kier alpha value is -0.200. The van der Waals surface area contributed by atoms with Crippen LogP contribution in [-0.4, -0.2) is 48.9 Å². The van der Waals surface area contributed by atoms with Gasteiger partial charge in [0.25, 0.3) is 0 Å². The van der Waals surface area contributed by atoms with Gasteiger partial charge in [0.15, 0.2) is 0 Å². The fraction of sp³-hybridized carbons (Fsp3) is 0.857. The molecule has 0 aliphatic rings. The van der Waals surface area contributed by atoms with Crippen LogP contribution >= 0.6 is 15.0 Å². The topological polar surface area (TPSA) is 52.6 Å². The molecule has 122 valence electrons. The third kappa shape index (κ3) is 4.97. The van der Waals surface area contributed by atoms with Crippen LogP contribution in [-0.2, 0) is 18.6 Å². The van der Waals surface area contributed by atoms with E-state index in [0.29, 0.717) is 0 Å². The van der Waals surface area contributed by atoms with Crippen LogP contribution in [0.15, 0.2) is 0 Å². The summed E-state index contributed by atoms with van der Waals surface area (Å²) in [5, 5.41) is 0. The SMILES string of the molecule is CC[PH](CC)(CC)OC(=O)C(=O)O[PH](CC)(CC)CC. The number of hydrogen-bond acceptors (Lipinski definition) is 4. The predicted octanol–water partition coefficient (Wildman–Crippen LogP) is 3.52. The first-order valence-electron chi connectivity index (χ1n) is 7.84. The van der Waals surface area contributed by atoms with Crippen LogP contribution < -0.4 is 0 Å². The van der Waals surface area contributed by atoms with Gasteiger partial charge in [-0.25, -0.2) is 0 Å². The van der Waals surface area contributed by atoms with Gasteiger partial charge in [-0.1, -0.05) is 0 Å². The molecule has 0 rings (SSSR count). The molecule has 0 amide bonds. The molecular formula is C14H32O4P2. The van der Waals surface area contributed by atoms with Crippen molar-refractivity contribution in [1.82, 2.24) is 0 Å². The standard InChI is InChI=1S/C14H32O4P2/c1-7-19(8-2,9-3)17-13(15)14(16)18-20(10-4,11-5)12-6/h19-20H,7-12H2,1-6H3. The minimum atomic E-state index is -2.08. The number of carbonyl (C=O) groups is 2. The second-order valence-corrected chi connectivity index (χ2v) is 14.6. The molecule has 0 heterocycles. The Morgan fingerprint density at radius 3 is 0.950 bits per heavy atom. The van der Waals surface area contributed by atoms with Gasteiger partial charge in [-0.2, -0.15) is 0 Å². The summed E-state index contributed by atoms with van der Waals surface area (Å²) < 4.78 is 11.1. The van der Waals surface area contributed by atoms with Crippen LogP contribution in [0, 0.1) is 0 Å². The summed E-state index contributed by atoms with van der Waals surface area (Å²) in [5.74, 6) is -1.54. The van der Waals surface area contributed by atoms with Crippen LogP contribution in [0.25, 0.3) is 0 Å². The molecule has 0 saturated heterocycles. The van der Waals surface area contributed by atoms with Crippen molar-refractivity contribution in [2.45, 2.75) is 41.5 Å². The van der Waals surface area contributed by atoms with Crippen molar-refractivity contribution in [3.05, 3.63) is 0 Å². The van der Waals surface area contributed by atoms with E-state index < -0.39 is 26.9 Å². The molecule has 0 aromatic heterocycles. The fourth-order valence-electron chi connectivity index (χ4n) is 2.41.